The van der Waals surface area contributed by atoms with Gasteiger partial charge in [-0.25, -0.2) is 0 Å². The molecule has 2 unspecified atom stereocenters. The van der Waals surface area contributed by atoms with Crippen molar-refractivity contribution in [1.29, 1.82) is 0 Å². The van der Waals surface area contributed by atoms with Crippen LogP contribution in [0.1, 0.15) is 18.9 Å². The van der Waals surface area contributed by atoms with E-state index in [9.17, 15) is 5.11 Å². The minimum atomic E-state index is -0.571. The molecule has 1 saturated heterocycles. The molecule has 2 atom stereocenters. The standard InChI is InChI=1S/C13H18BrNO/c1-10-7-13(16,9-15(10)2)8-11-5-3-4-6-12(11)14/h3-6,10,16H,7-9H2,1-2H3. The van der Waals surface area contributed by atoms with E-state index in [-0.39, 0.29) is 0 Å². The number of β-amino-alcohol motifs (C(OH)–C–C–N with tert-alkyl or cyclic N) is 1. The number of hydrogen-bond acceptors (Lipinski definition) is 2. The molecule has 0 bridgehead atoms. The zero-order valence-electron chi connectivity index (χ0n) is 9.78. The summed E-state index contributed by atoms with van der Waals surface area (Å²) in [5.74, 6) is 0. The van der Waals surface area contributed by atoms with Gasteiger partial charge in [-0.05, 0) is 32.0 Å². The Morgan fingerprint density at radius 1 is 1.50 bits per heavy atom. The maximum Gasteiger partial charge on any atom is 0.0829 e. The molecule has 88 valence electrons. The van der Waals surface area contributed by atoms with E-state index < -0.39 is 5.60 Å². The van der Waals surface area contributed by atoms with Crippen LogP contribution in [-0.2, 0) is 6.42 Å². The number of hydrogen-bond donors (Lipinski definition) is 1. The second-order valence-electron chi connectivity index (χ2n) is 4.96. The van der Waals surface area contributed by atoms with Crippen LogP contribution < -0.4 is 0 Å². The number of benzene rings is 1. The predicted molar refractivity (Wildman–Crippen MR) is 69.5 cm³/mol. The Labute approximate surface area is 105 Å². The van der Waals surface area contributed by atoms with Crippen molar-refractivity contribution < 1.29 is 5.11 Å². The third-order valence-corrected chi connectivity index (χ3v) is 4.22. The largest absolute Gasteiger partial charge is 0.388 e. The Balaban J connectivity index is 2.13. The Kier molecular flexibility index (Phi) is 3.38. The monoisotopic (exact) mass is 283 g/mol. The van der Waals surface area contributed by atoms with Crippen LogP contribution in [-0.4, -0.2) is 35.2 Å². The van der Waals surface area contributed by atoms with E-state index in [4.69, 9.17) is 0 Å². The van der Waals surface area contributed by atoms with Crippen molar-refractivity contribution in [3.05, 3.63) is 34.3 Å². The van der Waals surface area contributed by atoms with E-state index in [1.165, 1.54) is 5.56 Å². The first-order valence-electron chi connectivity index (χ1n) is 5.66. The van der Waals surface area contributed by atoms with E-state index in [1.807, 2.05) is 18.2 Å². The van der Waals surface area contributed by atoms with Crippen molar-refractivity contribution >= 4 is 15.9 Å². The van der Waals surface area contributed by atoms with E-state index in [0.29, 0.717) is 6.04 Å². The molecule has 2 rings (SSSR count). The molecule has 1 aliphatic rings. The van der Waals surface area contributed by atoms with E-state index in [0.717, 1.165) is 23.9 Å². The van der Waals surface area contributed by atoms with Crippen LogP contribution in [0.25, 0.3) is 0 Å². The molecule has 1 aromatic rings. The molecule has 3 heteroatoms. The number of halogens is 1. The van der Waals surface area contributed by atoms with Crippen LogP contribution in [0.5, 0.6) is 0 Å². The van der Waals surface area contributed by atoms with Crippen LogP contribution in [0.2, 0.25) is 0 Å². The zero-order valence-corrected chi connectivity index (χ0v) is 11.4. The van der Waals surface area contributed by atoms with Gasteiger partial charge in [0.1, 0.15) is 0 Å². The molecule has 1 aromatic carbocycles. The summed E-state index contributed by atoms with van der Waals surface area (Å²) < 4.78 is 1.09. The van der Waals surface area contributed by atoms with Crippen LogP contribution in [0.3, 0.4) is 0 Å². The number of nitrogens with zero attached hydrogens (tertiary/aromatic N) is 1. The quantitative estimate of drug-likeness (QED) is 0.901. The summed E-state index contributed by atoms with van der Waals surface area (Å²) in [6.45, 7) is 2.92. The van der Waals surface area contributed by atoms with Gasteiger partial charge in [0.05, 0.1) is 5.60 Å². The van der Waals surface area contributed by atoms with Crippen LogP contribution in [0, 0.1) is 0 Å². The highest BCUT2D eigenvalue weighted by Gasteiger charge is 2.38. The molecular formula is C13H18BrNO. The average Bonchev–Trinajstić information content (AvgIpc) is 2.45. The van der Waals surface area contributed by atoms with Gasteiger partial charge in [-0.3, -0.25) is 0 Å². The van der Waals surface area contributed by atoms with Crippen LogP contribution >= 0.6 is 15.9 Å². The first-order valence-corrected chi connectivity index (χ1v) is 6.45. The highest BCUT2D eigenvalue weighted by Crippen LogP contribution is 2.31. The number of aliphatic hydroxyl groups is 1. The molecule has 0 spiro atoms. The van der Waals surface area contributed by atoms with Gasteiger partial charge in [0.25, 0.3) is 0 Å². The number of rotatable bonds is 2. The first kappa shape index (κ1) is 12.1. The maximum absolute atomic E-state index is 10.5. The fourth-order valence-corrected chi connectivity index (χ4v) is 2.94. The highest BCUT2D eigenvalue weighted by atomic mass is 79.9. The van der Waals surface area contributed by atoms with Crippen LogP contribution in [0.15, 0.2) is 28.7 Å². The summed E-state index contributed by atoms with van der Waals surface area (Å²) in [4.78, 5) is 2.22. The zero-order chi connectivity index (χ0) is 11.8. The lowest BCUT2D eigenvalue weighted by atomic mass is 9.92. The predicted octanol–water partition coefficient (Wildman–Crippen LogP) is 2.45. The molecule has 0 aliphatic carbocycles. The Morgan fingerprint density at radius 3 is 2.75 bits per heavy atom. The normalized spacial score (nSPS) is 30.9. The van der Waals surface area contributed by atoms with Gasteiger partial charge in [-0.1, -0.05) is 34.1 Å². The Hall–Kier alpha value is -0.380. The number of likely N-dealkylation sites (tertiary alicyclic amines) is 1. The van der Waals surface area contributed by atoms with Gasteiger partial charge in [0, 0.05) is 23.5 Å². The minimum Gasteiger partial charge on any atom is -0.388 e. The van der Waals surface area contributed by atoms with Gasteiger partial charge in [0.2, 0.25) is 0 Å². The molecule has 0 amide bonds. The highest BCUT2D eigenvalue weighted by molar-refractivity contribution is 9.10. The SMILES string of the molecule is CC1CC(O)(Cc2ccccc2Br)CN1C. The second-order valence-corrected chi connectivity index (χ2v) is 5.82. The third kappa shape index (κ3) is 2.47. The fourth-order valence-electron chi connectivity index (χ4n) is 2.51. The van der Waals surface area contributed by atoms with Crippen molar-refractivity contribution in [1.82, 2.24) is 4.90 Å². The number of likely N-dealkylation sites (N-methyl/N-ethyl adjacent to an activating group) is 1. The summed E-state index contributed by atoms with van der Waals surface area (Å²) in [6.07, 6.45) is 1.58. The van der Waals surface area contributed by atoms with Gasteiger partial charge in [-0.15, -0.1) is 0 Å². The lowest BCUT2D eigenvalue weighted by molar-refractivity contribution is 0.0519. The van der Waals surface area contributed by atoms with Crippen molar-refractivity contribution in [3.63, 3.8) is 0 Å². The smallest absolute Gasteiger partial charge is 0.0829 e. The van der Waals surface area contributed by atoms with Gasteiger partial charge >= 0.3 is 0 Å². The summed E-state index contributed by atoms with van der Waals surface area (Å²) in [5.41, 5.74) is 0.616. The molecule has 1 aliphatic heterocycles. The molecule has 0 saturated carbocycles. The van der Waals surface area contributed by atoms with Gasteiger partial charge in [0.15, 0.2) is 0 Å². The molecule has 0 aromatic heterocycles. The second kappa shape index (κ2) is 4.47. The maximum atomic E-state index is 10.5. The summed E-state index contributed by atoms with van der Waals surface area (Å²) in [6, 6.07) is 8.59. The van der Waals surface area contributed by atoms with Crippen molar-refractivity contribution in [3.8, 4) is 0 Å². The lowest BCUT2D eigenvalue weighted by Crippen LogP contribution is -2.34. The third-order valence-electron chi connectivity index (χ3n) is 3.45. The van der Waals surface area contributed by atoms with Crippen molar-refractivity contribution in [2.24, 2.45) is 0 Å². The molecular weight excluding hydrogens is 266 g/mol. The molecule has 2 nitrogen and oxygen atoms in total. The average molecular weight is 284 g/mol. The Bertz CT molecular complexity index is 370. The topological polar surface area (TPSA) is 23.5 Å². The summed E-state index contributed by atoms with van der Waals surface area (Å²) in [7, 11) is 2.07. The van der Waals surface area contributed by atoms with E-state index in [2.05, 4.69) is 40.9 Å². The van der Waals surface area contributed by atoms with Crippen molar-refractivity contribution in [2.45, 2.75) is 31.4 Å². The van der Waals surface area contributed by atoms with E-state index >= 15 is 0 Å². The van der Waals surface area contributed by atoms with Crippen LogP contribution in [0.4, 0.5) is 0 Å². The first-order chi connectivity index (χ1) is 7.50. The fraction of sp³-hybridized carbons (Fsp3) is 0.538. The molecule has 1 heterocycles. The Morgan fingerprint density at radius 2 is 2.19 bits per heavy atom. The van der Waals surface area contributed by atoms with E-state index in [1.54, 1.807) is 0 Å². The molecule has 16 heavy (non-hydrogen) atoms. The molecule has 0 radical (unpaired) electrons. The molecule has 1 fully saturated rings. The van der Waals surface area contributed by atoms with Gasteiger partial charge in [-0.2, -0.15) is 0 Å². The molecule has 1 N–H and O–H groups in total. The van der Waals surface area contributed by atoms with Gasteiger partial charge < -0.3 is 10.0 Å². The summed E-state index contributed by atoms with van der Waals surface area (Å²) in [5, 5.41) is 10.5. The lowest BCUT2D eigenvalue weighted by Gasteiger charge is -2.22. The minimum absolute atomic E-state index is 0.465. The summed E-state index contributed by atoms with van der Waals surface area (Å²) >= 11 is 3.53. The van der Waals surface area contributed by atoms with Crippen molar-refractivity contribution in [2.75, 3.05) is 13.6 Å².